The van der Waals surface area contributed by atoms with Gasteiger partial charge in [0.25, 0.3) is 0 Å². The lowest BCUT2D eigenvalue weighted by Crippen LogP contribution is -2.45. The summed E-state index contributed by atoms with van der Waals surface area (Å²) in [6, 6.07) is 0. The number of hydrogen-bond donors (Lipinski definition) is 6. The molecule has 0 spiro atoms. The highest BCUT2D eigenvalue weighted by molar-refractivity contribution is 5.92. The van der Waals surface area contributed by atoms with Crippen LogP contribution in [-0.4, -0.2) is 214 Å². The normalized spacial score (nSPS) is 11.9. The van der Waals surface area contributed by atoms with Crippen LogP contribution >= 0.6 is 0 Å². The number of hydrogen-bond acceptors (Lipinski definition) is 17. The Morgan fingerprint density at radius 1 is 0.453 bits per heavy atom. The molecule has 0 saturated heterocycles. The lowest BCUT2D eigenvalue weighted by Gasteiger charge is -2.17. The minimum atomic E-state index is -0.914. The van der Waals surface area contributed by atoms with Crippen molar-refractivity contribution in [3.8, 4) is 0 Å². The lowest BCUT2D eigenvalue weighted by molar-refractivity contribution is -0.131. The van der Waals surface area contributed by atoms with Crippen molar-refractivity contribution >= 4 is 41.2 Å². The molecule has 6 amide bonds. The van der Waals surface area contributed by atoms with Crippen LogP contribution in [-0.2, 0) is 80.9 Å². The molecule has 0 rings (SSSR count). The van der Waals surface area contributed by atoms with E-state index in [1.165, 1.54) is 0 Å². The van der Waals surface area contributed by atoms with Gasteiger partial charge in [-0.05, 0) is 5.41 Å². The summed E-state index contributed by atoms with van der Waals surface area (Å²) in [5.41, 5.74) is -0.00921. The quantitative estimate of drug-likeness (QED) is 0.0345. The van der Waals surface area contributed by atoms with E-state index in [4.69, 9.17) is 48.7 Å². The molecular formula is C41H76N6O17. The molecule has 0 heterocycles. The fourth-order valence-electron chi connectivity index (χ4n) is 4.63. The minimum absolute atomic E-state index is 0.00921. The first-order valence-electron chi connectivity index (χ1n) is 22.1. The second-order valence-electron chi connectivity index (χ2n) is 15.0. The maximum Gasteiger partial charge on any atom is 0.239 e. The Balaban J connectivity index is 3.93. The van der Waals surface area contributed by atoms with Gasteiger partial charge in [0.05, 0.1) is 152 Å². The molecule has 23 heteroatoms. The van der Waals surface area contributed by atoms with Crippen molar-refractivity contribution in [2.75, 3.05) is 172 Å². The second kappa shape index (κ2) is 41.8. The third-order valence-electron chi connectivity index (χ3n) is 7.88. The number of carbonyl (C=O) groups is 7. The van der Waals surface area contributed by atoms with Crippen LogP contribution in [0.5, 0.6) is 0 Å². The first-order valence-corrected chi connectivity index (χ1v) is 21.4. The molecule has 0 aromatic carbocycles. The molecule has 0 aliphatic heterocycles. The number of ether oxygens (including phenoxy) is 10. The number of nitrogens with one attached hydrogen (secondary N) is 6. The summed E-state index contributed by atoms with van der Waals surface area (Å²) >= 11 is 0. The van der Waals surface area contributed by atoms with Crippen molar-refractivity contribution < 1.29 is 82.3 Å². The highest BCUT2D eigenvalue weighted by Crippen LogP contribution is 2.12. The van der Waals surface area contributed by atoms with Gasteiger partial charge >= 0.3 is 0 Å². The summed E-state index contributed by atoms with van der Waals surface area (Å²) in [5, 5.41) is 14.6. The maximum absolute atomic E-state index is 12.7. The number of amides is 6. The Bertz CT molecular complexity index is 1300. The van der Waals surface area contributed by atoms with E-state index in [1.807, 2.05) is 20.8 Å². The Kier molecular flexibility index (Phi) is 37.9. The van der Waals surface area contributed by atoms with Gasteiger partial charge in [-0.3, -0.25) is 33.6 Å². The molecule has 0 aromatic rings. The molecule has 1 unspecified atom stereocenters. The van der Waals surface area contributed by atoms with Crippen LogP contribution in [0.4, 0.5) is 0 Å². The van der Waals surface area contributed by atoms with Gasteiger partial charge in [0.1, 0.15) is 0 Å². The predicted molar refractivity (Wildman–Crippen MR) is 230 cm³/mol. The van der Waals surface area contributed by atoms with Gasteiger partial charge in [0.15, 0.2) is 5.78 Å². The molecular weight excluding hydrogens is 848 g/mol. The van der Waals surface area contributed by atoms with E-state index in [9.17, 15) is 33.6 Å². The molecule has 6 N–H and O–H groups in total. The summed E-state index contributed by atoms with van der Waals surface area (Å²) in [5.74, 6) is -4.67. The third kappa shape index (κ3) is 42.1. The van der Waals surface area contributed by atoms with Gasteiger partial charge in [-0.2, -0.15) is 0 Å². The van der Waals surface area contributed by atoms with Crippen molar-refractivity contribution in [3.05, 3.63) is 0 Å². The topological polar surface area (TPSA) is 284 Å². The fourth-order valence-corrected chi connectivity index (χ4v) is 4.63. The van der Waals surface area contributed by atoms with Crippen LogP contribution in [0.1, 0.15) is 41.4 Å². The number of ketones is 1. The largest absolute Gasteiger partial charge is 0.384 e. The summed E-state index contributed by atoms with van der Waals surface area (Å²) in [7, 11) is 1.21. The lowest BCUT2D eigenvalue weighted by atomic mass is 9.99. The molecule has 0 bridgehead atoms. The van der Waals surface area contributed by atoms with Crippen LogP contribution in [0.25, 0.3) is 0 Å². The molecule has 372 valence electrons. The Morgan fingerprint density at radius 2 is 0.875 bits per heavy atom. The van der Waals surface area contributed by atoms with E-state index in [0.29, 0.717) is 92.5 Å². The first kappa shape index (κ1) is 58.1. The van der Waals surface area contributed by atoms with Crippen molar-refractivity contribution in [3.63, 3.8) is 0 Å². The standard InChI is InChI=1S/C41H76N6O17/c1-41(2,3)32-64-10-7-36(50)42-8-6-35(49)45-28-38(52)47-30-39(53)46-29-37(51)44-27-34(48)26-33(31-56-5)40(54)43-9-11-57-14-15-59-18-19-61-22-23-63-25-24-62-21-20-60-17-16-58-13-12-55-4/h33H,6-32H2,1-5H3,(H,42,50)(H,43,54)(H,44,51)(H,45,49)(H,46,53)(H,47,52)/i5D. The van der Waals surface area contributed by atoms with Gasteiger partial charge in [0.2, 0.25) is 35.4 Å². The van der Waals surface area contributed by atoms with Crippen LogP contribution < -0.4 is 31.9 Å². The molecule has 64 heavy (non-hydrogen) atoms. The maximum atomic E-state index is 12.7. The van der Waals surface area contributed by atoms with E-state index in [-0.39, 0.29) is 70.1 Å². The molecule has 0 radical (unpaired) electrons. The van der Waals surface area contributed by atoms with E-state index in [2.05, 4.69) is 31.9 Å². The van der Waals surface area contributed by atoms with Gasteiger partial charge in [-0.25, -0.2) is 0 Å². The van der Waals surface area contributed by atoms with Gasteiger partial charge in [0, 0.05) is 46.5 Å². The molecule has 0 fully saturated rings. The zero-order valence-electron chi connectivity index (χ0n) is 39.3. The molecule has 0 aliphatic carbocycles. The van der Waals surface area contributed by atoms with Crippen LogP contribution in [0.2, 0.25) is 0 Å². The zero-order valence-corrected chi connectivity index (χ0v) is 38.3. The zero-order chi connectivity index (χ0) is 48.2. The van der Waals surface area contributed by atoms with Gasteiger partial charge in [-0.15, -0.1) is 0 Å². The van der Waals surface area contributed by atoms with E-state index in [0.717, 1.165) is 0 Å². The van der Waals surface area contributed by atoms with Crippen LogP contribution in [0, 0.1) is 11.3 Å². The number of methoxy groups -OCH3 is 2. The third-order valence-corrected chi connectivity index (χ3v) is 7.88. The molecule has 0 saturated carbocycles. The van der Waals surface area contributed by atoms with Crippen molar-refractivity contribution in [2.24, 2.45) is 11.3 Å². The summed E-state index contributed by atoms with van der Waals surface area (Å²) < 4.78 is 60.5. The highest BCUT2D eigenvalue weighted by atomic mass is 16.6. The SMILES string of the molecule is [2H]COCC(CC(=O)CNC(=O)CNC(=O)CNC(=O)CNC(=O)CCNC(=O)CCOCC(C)(C)C)C(=O)NCCOCCOCCOCCOCCOCCOCCOCCOC. The number of rotatable bonds is 44. The van der Waals surface area contributed by atoms with Crippen molar-refractivity contribution in [2.45, 2.75) is 40.0 Å². The average molecular weight is 926 g/mol. The monoisotopic (exact) mass is 926 g/mol. The Hall–Kier alpha value is -3.91. The average Bonchev–Trinajstić information content (AvgIpc) is 3.27. The summed E-state index contributed by atoms with van der Waals surface area (Å²) in [6.07, 6.45) is -0.170. The van der Waals surface area contributed by atoms with E-state index >= 15 is 0 Å². The molecule has 0 aliphatic rings. The summed E-state index contributed by atoms with van der Waals surface area (Å²) in [6.45, 7) is 11.4. The van der Waals surface area contributed by atoms with Crippen molar-refractivity contribution in [1.82, 2.24) is 31.9 Å². The molecule has 1 atom stereocenters. The smallest absolute Gasteiger partial charge is 0.239 e. The Labute approximate surface area is 378 Å². The van der Waals surface area contributed by atoms with E-state index < -0.39 is 74.5 Å². The number of carbonyl (C=O) groups excluding carboxylic acids is 7. The van der Waals surface area contributed by atoms with Gasteiger partial charge < -0.3 is 79.3 Å². The van der Waals surface area contributed by atoms with Crippen LogP contribution in [0.3, 0.4) is 0 Å². The van der Waals surface area contributed by atoms with Crippen molar-refractivity contribution in [1.29, 1.82) is 0 Å². The highest BCUT2D eigenvalue weighted by Gasteiger charge is 2.22. The number of Topliss-reactive ketones (excluding diaryl/α,β-unsaturated/α-hetero) is 1. The first-order chi connectivity index (χ1) is 31.3. The molecule has 0 aromatic heterocycles. The van der Waals surface area contributed by atoms with Gasteiger partial charge in [-0.1, -0.05) is 20.8 Å². The summed E-state index contributed by atoms with van der Waals surface area (Å²) in [4.78, 5) is 85.4. The fraction of sp³-hybridized carbons (Fsp3) is 0.829. The minimum Gasteiger partial charge on any atom is -0.384 e. The predicted octanol–water partition coefficient (Wildman–Crippen LogP) is -2.49. The molecule has 23 nitrogen and oxygen atoms in total. The van der Waals surface area contributed by atoms with E-state index in [1.54, 1.807) is 7.11 Å². The second-order valence-corrected chi connectivity index (χ2v) is 15.0. The van der Waals surface area contributed by atoms with Crippen LogP contribution in [0.15, 0.2) is 0 Å². The Morgan fingerprint density at radius 3 is 1.33 bits per heavy atom.